The van der Waals surface area contributed by atoms with Gasteiger partial charge in [-0.1, -0.05) is 0 Å². The molecule has 1 unspecified atom stereocenters. The van der Waals surface area contributed by atoms with Crippen molar-refractivity contribution in [3.8, 4) is 5.82 Å². The molecule has 3 rings (SSSR count). The maximum Gasteiger partial charge on any atom is 0.237 e. The molecule has 1 saturated heterocycles. The second-order valence-corrected chi connectivity index (χ2v) is 5.76. The normalized spacial score (nSPS) is 18.1. The van der Waals surface area contributed by atoms with Crippen LogP contribution in [0.4, 0.5) is 0 Å². The van der Waals surface area contributed by atoms with Crippen LogP contribution in [-0.4, -0.2) is 62.4 Å². The van der Waals surface area contributed by atoms with E-state index in [1.54, 1.807) is 24.9 Å². The van der Waals surface area contributed by atoms with Crippen LogP contribution in [0, 0.1) is 0 Å². The topological polar surface area (TPSA) is 67.2 Å². The summed E-state index contributed by atoms with van der Waals surface area (Å²) in [5.41, 5.74) is 0.843. The molecule has 0 saturated carbocycles. The summed E-state index contributed by atoms with van der Waals surface area (Å²) in [5, 5.41) is 0. The van der Waals surface area contributed by atoms with E-state index >= 15 is 0 Å². The summed E-state index contributed by atoms with van der Waals surface area (Å²) >= 11 is 0. The Kier molecular flexibility index (Phi) is 4.15. The van der Waals surface area contributed by atoms with Crippen molar-refractivity contribution in [2.24, 2.45) is 0 Å². The first-order valence-electron chi connectivity index (χ1n) is 7.39. The van der Waals surface area contributed by atoms with E-state index in [2.05, 4.69) is 15.0 Å². The van der Waals surface area contributed by atoms with Crippen LogP contribution < -0.4 is 0 Å². The summed E-state index contributed by atoms with van der Waals surface area (Å²) in [4.78, 5) is 29.2. The number of imidazole rings is 1. The standard InChI is InChI=1S/C15H20N6O/c1-19(2)10-15(22)21-6-3-4-13(21)12-8-17-9-14(18-12)20-7-5-16-11-20/h5,7-9,11,13H,3-4,6,10H2,1-2H3. The molecule has 1 amide bonds. The first-order valence-corrected chi connectivity index (χ1v) is 7.39. The maximum absolute atomic E-state index is 12.4. The average Bonchev–Trinajstić information content (AvgIpc) is 3.18. The fourth-order valence-corrected chi connectivity index (χ4v) is 2.78. The molecule has 1 aliphatic rings. The monoisotopic (exact) mass is 300 g/mol. The highest BCUT2D eigenvalue weighted by molar-refractivity contribution is 5.79. The second kappa shape index (κ2) is 6.23. The fourth-order valence-electron chi connectivity index (χ4n) is 2.78. The molecule has 0 aromatic carbocycles. The molecule has 0 radical (unpaired) electrons. The zero-order chi connectivity index (χ0) is 15.5. The molecule has 7 heteroatoms. The lowest BCUT2D eigenvalue weighted by Gasteiger charge is -2.25. The van der Waals surface area contributed by atoms with Gasteiger partial charge in [0.2, 0.25) is 5.91 Å². The zero-order valence-electron chi connectivity index (χ0n) is 12.9. The summed E-state index contributed by atoms with van der Waals surface area (Å²) < 4.78 is 1.82. The van der Waals surface area contributed by atoms with E-state index < -0.39 is 0 Å². The minimum absolute atomic E-state index is 0.0171. The highest BCUT2D eigenvalue weighted by Crippen LogP contribution is 2.30. The molecule has 1 atom stereocenters. The van der Waals surface area contributed by atoms with Gasteiger partial charge in [0.05, 0.1) is 30.7 Å². The Labute approximate surface area is 129 Å². The molecule has 3 heterocycles. The van der Waals surface area contributed by atoms with Crippen LogP contribution >= 0.6 is 0 Å². The minimum atomic E-state index is 0.0171. The Morgan fingerprint density at radius 1 is 1.36 bits per heavy atom. The number of hydrogen-bond donors (Lipinski definition) is 0. The van der Waals surface area contributed by atoms with Crippen LogP contribution in [0.5, 0.6) is 0 Å². The molecule has 22 heavy (non-hydrogen) atoms. The Morgan fingerprint density at radius 2 is 2.23 bits per heavy atom. The van der Waals surface area contributed by atoms with Gasteiger partial charge in [0.25, 0.3) is 0 Å². The summed E-state index contributed by atoms with van der Waals surface area (Å²) in [6.45, 7) is 1.21. The number of carbonyl (C=O) groups excluding carboxylic acids is 1. The molecule has 2 aromatic rings. The molecule has 1 aliphatic heterocycles. The van der Waals surface area contributed by atoms with Crippen LogP contribution in [0.25, 0.3) is 5.82 Å². The number of carbonyl (C=O) groups is 1. The molecular formula is C15H20N6O. The van der Waals surface area contributed by atoms with Gasteiger partial charge in [0.1, 0.15) is 6.33 Å². The Balaban J connectivity index is 1.83. The summed E-state index contributed by atoms with van der Waals surface area (Å²) in [7, 11) is 3.81. The second-order valence-electron chi connectivity index (χ2n) is 5.76. The van der Waals surface area contributed by atoms with Gasteiger partial charge in [-0.3, -0.25) is 14.3 Å². The van der Waals surface area contributed by atoms with Crippen molar-refractivity contribution in [1.82, 2.24) is 29.3 Å². The highest BCUT2D eigenvalue weighted by Gasteiger charge is 2.31. The van der Waals surface area contributed by atoms with Gasteiger partial charge in [-0.25, -0.2) is 9.97 Å². The van der Waals surface area contributed by atoms with Crippen molar-refractivity contribution in [1.29, 1.82) is 0 Å². The van der Waals surface area contributed by atoms with Crippen LogP contribution in [-0.2, 0) is 4.79 Å². The van der Waals surface area contributed by atoms with E-state index in [-0.39, 0.29) is 11.9 Å². The van der Waals surface area contributed by atoms with E-state index in [0.29, 0.717) is 6.54 Å². The summed E-state index contributed by atoms with van der Waals surface area (Å²) in [5.74, 6) is 0.865. The highest BCUT2D eigenvalue weighted by atomic mass is 16.2. The van der Waals surface area contributed by atoms with E-state index in [4.69, 9.17) is 0 Å². The van der Waals surface area contributed by atoms with Crippen molar-refractivity contribution >= 4 is 5.91 Å². The number of amides is 1. The number of aromatic nitrogens is 4. The number of hydrogen-bond acceptors (Lipinski definition) is 5. The van der Waals surface area contributed by atoms with Gasteiger partial charge in [-0.05, 0) is 26.9 Å². The van der Waals surface area contributed by atoms with Gasteiger partial charge >= 0.3 is 0 Å². The van der Waals surface area contributed by atoms with E-state index in [9.17, 15) is 4.79 Å². The summed E-state index contributed by atoms with van der Waals surface area (Å²) in [6, 6.07) is 0.0171. The third-order valence-corrected chi connectivity index (χ3v) is 3.78. The number of likely N-dealkylation sites (tertiary alicyclic amines) is 1. The van der Waals surface area contributed by atoms with Crippen molar-refractivity contribution in [3.05, 3.63) is 36.8 Å². The smallest absolute Gasteiger partial charge is 0.237 e. The largest absolute Gasteiger partial charge is 0.333 e. The molecule has 7 nitrogen and oxygen atoms in total. The van der Waals surface area contributed by atoms with Crippen molar-refractivity contribution in [2.45, 2.75) is 18.9 Å². The first-order chi connectivity index (χ1) is 10.6. The van der Waals surface area contributed by atoms with Crippen LogP contribution in [0.1, 0.15) is 24.6 Å². The third-order valence-electron chi connectivity index (χ3n) is 3.78. The van der Waals surface area contributed by atoms with Crippen LogP contribution in [0.2, 0.25) is 0 Å². The molecule has 1 fully saturated rings. The van der Waals surface area contributed by atoms with Gasteiger partial charge in [0.15, 0.2) is 5.82 Å². The first kappa shape index (κ1) is 14.6. The van der Waals surface area contributed by atoms with Gasteiger partial charge < -0.3 is 9.80 Å². The van der Waals surface area contributed by atoms with Crippen LogP contribution in [0.15, 0.2) is 31.1 Å². The average molecular weight is 300 g/mol. The SMILES string of the molecule is CN(C)CC(=O)N1CCCC1c1cncc(-n2ccnc2)n1. The van der Waals surface area contributed by atoms with Gasteiger partial charge in [-0.2, -0.15) is 0 Å². The van der Waals surface area contributed by atoms with Gasteiger partial charge in [-0.15, -0.1) is 0 Å². The third kappa shape index (κ3) is 2.99. The predicted octanol–water partition coefficient (Wildman–Crippen LogP) is 0.887. The molecule has 0 spiro atoms. The molecule has 2 aromatic heterocycles. The molecule has 0 aliphatic carbocycles. The van der Waals surface area contributed by atoms with Crippen LogP contribution in [0.3, 0.4) is 0 Å². The fraction of sp³-hybridized carbons (Fsp3) is 0.467. The Hall–Kier alpha value is -2.28. The predicted molar refractivity (Wildman–Crippen MR) is 81.4 cm³/mol. The number of nitrogens with zero attached hydrogens (tertiary/aromatic N) is 6. The van der Waals surface area contributed by atoms with Crippen molar-refractivity contribution in [2.75, 3.05) is 27.2 Å². The zero-order valence-corrected chi connectivity index (χ0v) is 12.9. The van der Waals surface area contributed by atoms with Crippen molar-refractivity contribution in [3.63, 3.8) is 0 Å². The number of likely N-dealkylation sites (N-methyl/N-ethyl adjacent to an activating group) is 1. The Morgan fingerprint density at radius 3 is 2.95 bits per heavy atom. The lowest BCUT2D eigenvalue weighted by Crippen LogP contribution is -2.37. The molecule has 0 bridgehead atoms. The van der Waals surface area contributed by atoms with E-state index in [0.717, 1.165) is 30.9 Å². The number of rotatable bonds is 4. The maximum atomic E-state index is 12.4. The minimum Gasteiger partial charge on any atom is -0.333 e. The summed E-state index contributed by atoms with van der Waals surface area (Å²) in [6.07, 6.45) is 10.6. The van der Waals surface area contributed by atoms with Gasteiger partial charge in [0, 0.05) is 18.9 Å². The lowest BCUT2D eigenvalue weighted by atomic mass is 10.1. The van der Waals surface area contributed by atoms with E-state index in [1.807, 2.05) is 34.7 Å². The Bertz CT molecular complexity index is 639. The molecular weight excluding hydrogens is 280 g/mol. The van der Waals surface area contributed by atoms with E-state index in [1.165, 1.54) is 0 Å². The van der Waals surface area contributed by atoms with Crippen molar-refractivity contribution < 1.29 is 4.79 Å². The molecule has 0 N–H and O–H groups in total. The lowest BCUT2D eigenvalue weighted by molar-refractivity contribution is -0.132. The quantitative estimate of drug-likeness (QED) is 0.839. The molecule has 116 valence electrons.